The molecule has 0 fully saturated rings. The van der Waals surface area contributed by atoms with Crippen molar-refractivity contribution in [3.05, 3.63) is 309 Å². The van der Waals surface area contributed by atoms with Gasteiger partial charge in [-0.1, -0.05) is 306 Å². The van der Waals surface area contributed by atoms with Crippen LogP contribution in [-0.2, 0) is 25.7 Å². The molecule has 2 nitrogen and oxygen atoms in total. The van der Waals surface area contributed by atoms with Crippen LogP contribution in [0.5, 0.6) is 0 Å². The molecule has 0 bridgehead atoms. The van der Waals surface area contributed by atoms with Gasteiger partial charge in [0, 0.05) is 22.1 Å². The van der Waals surface area contributed by atoms with E-state index in [1.807, 2.05) is 0 Å². The molecule has 0 heterocycles. The molecule has 0 N–H and O–H groups in total. The Morgan fingerprint density at radius 1 is 0.260 bits per heavy atom. The SMILES string of the molecule is CCCCc1cc(C)cc(CCCC)c1N(c1ccc(C=Cc2ccc(C)cc2)cc1)c1ccc(-c2c3ccccc3c(-c3ccc(N(c4ccc(C=Cc5ccc(C)cc5)cc4)c4c(CCCC)cc(C)cc4CCCC)c4ccccc34)c3ccccc23)c2ccccc12. The summed E-state index contributed by atoms with van der Waals surface area (Å²) in [5, 5.41) is 9.88. The summed E-state index contributed by atoms with van der Waals surface area (Å²) in [5.74, 6) is 0. The fraction of sp³-hybridized carbons (Fsp3) is 0.213. The lowest BCUT2D eigenvalue weighted by molar-refractivity contribution is 0.779. The molecule has 13 aromatic carbocycles. The average Bonchev–Trinajstić information content (AvgIpc) is 1.53. The smallest absolute Gasteiger partial charge is 0.0540 e. The van der Waals surface area contributed by atoms with E-state index < -0.39 is 0 Å². The molecule has 13 aromatic rings. The highest BCUT2D eigenvalue weighted by Crippen LogP contribution is 2.52. The third-order valence-electron chi connectivity index (χ3n) is 19.6. The predicted octanol–water partition coefficient (Wildman–Crippen LogP) is 27.5. The van der Waals surface area contributed by atoms with Crippen LogP contribution in [-0.4, -0.2) is 0 Å². The zero-order valence-electron chi connectivity index (χ0n) is 57.8. The van der Waals surface area contributed by atoms with Gasteiger partial charge in [-0.3, -0.25) is 0 Å². The van der Waals surface area contributed by atoms with Crippen molar-refractivity contribution >= 4 is 102 Å². The first-order chi connectivity index (χ1) is 47.1. The highest BCUT2D eigenvalue weighted by molar-refractivity contribution is 6.26. The van der Waals surface area contributed by atoms with Gasteiger partial charge in [0.15, 0.2) is 0 Å². The zero-order chi connectivity index (χ0) is 66.1. The number of aryl methyl sites for hydroxylation is 8. The molecule has 0 amide bonds. The molecule has 0 radical (unpaired) electrons. The van der Waals surface area contributed by atoms with Gasteiger partial charge >= 0.3 is 0 Å². The van der Waals surface area contributed by atoms with Crippen molar-refractivity contribution in [2.75, 3.05) is 9.80 Å². The predicted molar refractivity (Wildman–Crippen MR) is 421 cm³/mol. The maximum Gasteiger partial charge on any atom is 0.0540 e. The largest absolute Gasteiger partial charge is 0.309 e. The Morgan fingerprint density at radius 3 is 0.802 bits per heavy atom. The van der Waals surface area contributed by atoms with E-state index in [-0.39, 0.29) is 0 Å². The summed E-state index contributed by atoms with van der Waals surface area (Å²) in [6, 6.07) is 92.7. The van der Waals surface area contributed by atoms with Gasteiger partial charge in [0.1, 0.15) is 0 Å². The van der Waals surface area contributed by atoms with Crippen LogP contribution in [0.15, 0.2) is 243 Å². The minimum Gasteiger partial charge on any atom is -0.309 e. The third kappa shape index (κ3) is 13.6. The van der Waals surface area contributed by atoms with Crippen molar-refractivity contribution in [1.29, 1.82) is 0 Å². The lowest BCUT2D eigenvalue weighted by Crippen LogP contribution is -2.16. The topological polar surface area (TPSA) is 6.48 Å². The van der Waals surface area contributed by atoms with Crippen molar-refractivity contribution < 1.29 is 0 Å². The van der Waals surface area contributed by atoms with Crippen molar-refractivity contribution in [2.24, 2.45) is 0 Å². The highest BCUT2D eigenvalue weighted by atomic mass is 15.2. The van der Waals surface area contributed by atoms with E-state index in [0.29, 0.717) is 0 Å². The first-order valence-electron chi connectivity index (χ1n) is 35.6. The monoisotopic (exact) mass is 1250 g/mol. The van der Waals surface area contributed by atoms with Gasteiger partial charge in [-0.05, 0) is 215 Å². The molecular formula is C94H92N2. The standard InChI is InChI=1S/C94H92N2/c1-9-13-25-73-61-67(7)62-74(26-14-10-2)93(73)95(77-53-49-71(50-54-77)47-45-69-41-37-65(5)38-42-69)89-59-57-87(79-29-17-19-31-81(79)89)91-83-33-21-23-35-85(83)92(86-36-24-22-34-84(86)91)88-58-60-90(82-32-20-18-30-80(82)88)96(94-75(27-15-11-3)63-68(8)64-76(94)28-16-12-4)78-55-51-72(52-56-78)48-46-70-43-39-66(6)40-44-70/h17-24,29-64H,9-16,25-28H2,1-8H3. The molecule has 0 atom stereocenters. The Hall–Kier alpha value is -10.0. The van der Waals surface area contributed by atoms with E-state index in [1.54, 1.807) is 0 Å². The lowest BCUT2D eigenvalue weighted by atomic mass is 9.83. The van der Waals surface area contributed by atoms with Crippen LogP contribution in [0.4, 0.5) is 34.1 Å². The second-order valence-corrected chi connectivity index (χ2v) is 26.8. The van der Waals surface area contributed by atoms with Crippen LogP contribution in [0, 0.1) is 27.7 Å². The van der Waals surface area contributed by atoms with Gasteiger partial charge in [-0.15, -0.1) is 0 Å². The normalized spacial score (nSPS) is 11.8. The molecular weight excluding hydrogens is 1160 g/mol. The van der Waals surface area contributed by atoms with Crippen molar-refractivity contribution in [3.63, 3.8) is 0 Å². The van der Waals surface area contributed by atoms with Crippen LogP contribution in [0.25, 0.3) is 89.6 Å². The summed E-state index contributed by atoms with van der Waals surface area (Å²) >= 11 is 0. The number of hydrogen-bond donors (Lipinski definition) is 0. The molecule has 0 aliphatic rings. The number of nitrogens with zero attached hydrogens (tertiary/aromatic N) is 2. The number of rotatable bonds is 24. The van der Waals surface area contributed by atoms with Crippen LogP contribution >= 0.6 is 0 Å². The van der Waals surface area contributed by atoms with E-state index in [4.69, 9.17) is 0 Å². The second kappa shape index (κ2) is 29.7. The van der Waals surface area contributed by atoms with E-state index in [1.165, 1.54) is 155 Å². The number of hydrogen-bond acceptors (Lipinski definition) is 2. The van der Waals surface area contributed by atoms with Gasteiger partial charge in [-0.2, -0.15) is 0 Å². The maximum atomic E-state index is 2.63. The summed E-state index contributed by atoms with van der Waals surface area (Å²) in [6.07, 6.45) is 22.1. The van der Waals surface area contributed by atoms with Crippen molar-refractivity contribution in [2.45, 2.75) is 132 Å². The molecule has 0 aromatic heterocycles. The van der Waals surface area contributed by atoms with Crippen molar-refractivity contribution in [3.8, 4) is 22.3 Å². The molecule has 0 saturated heterocycles. The van der Waals surface area contributed by atoms with Crippen LogP contribution < -0.4 is 9.80 Å². The molecule has 0 unspecified atom stereocenters. The molecule has 2 heteroatoms. The Labute approximate surface area is 572 Å². The molecule has 0 aliphatic carbocycles. The number of benzene rings is 13. The van der Waals surface area contributed by atoms with Gasteiger partial charge in [0.25, 0.3) is 0 Å². The second-order valence-electron chi connectivity index (χ2n) is 26.8. The molecule has 0 aliphatic heterocycles. The molecule has 96 heavy (non-hydrogen) atoms. The maximum absolute atomic E-state index is 2.63. The van der Waals surface area contributed by atoms with Crippen LogP contribution in [0.2, 0.25) is 0 Å². The molecule has 0 spiro atoms. The zero-order valence-corrected chi connectivity index (χ0v) is 57.8. The quantitative estimate of drug-likeness (QED) is 0.0439. The fourth-order valence-electron chi connectivity index (χ4n) is 14.8. The highest BCUT2D eigenvalue weighted by Gasteiger charge is 2.28. The minimum atomic E-state index is 1.02. The lowest BCUT2D eigenvalue weighted by Gasteiger charge is -2.32. The summed E-state index contributed by atoms with van der Waals surface area (Å²) in [6.45, 7) is 18.1. The summed E-state index contributed by atoms with van der Waals surface area (Å²) < 4.78 is 0. The van der Waals surface area contributed by atoms with Crippen LogP contribution in [0.1, 0.15) is 146 Å². The number of unbranched alkanes of at least 4 members (excludes halogenated alkanes) is 4. The van der Waals surface area contributed by atoms with E-state index in [2.05, 4.69) is 332 Å². The van der Waals surface area contributed by atoms with Gasteiger partial charge < -0.3 is 9.80 Å². The molecule has 13 rings (SSSR count). The Morgan fingerprint density at radius 2 is 0.521 bits per heavy atom. The van der Waals surface area contributed by atoms with E-state index in [9.17, 15) is 0 Å². The van der Waals surface area contributed by atoms with E-state index >= 15 is 0 Å². The first-order valence-corrected chi connectivity index (χ1v) is 35.6. The van der Waals surface area contributed by atoms with E-state index in [0.717, 1.165) is 88.4 Å². The Kier molecular flexibility index (Phi) is 20.0. The van der Waals surface area contributed by atoms with Crippen molar-refractivity contribution in [1.82, 2.24) is 0 Å². The first kappa shape index (κ1) is 64.7. The molecule has 0 saturated carbocycles. The summed E-state index contributed by atoms with van der Waals surface area (Å²) in [5.41, 5.74) is 28.0. The Balaban J connectivity index is 0.991. The summed E-state index contributed by atoms with van der Waals surface area (Å²) in [7, 11) is 0. The van der Waals surface area contributed by atoms with Gasteiger partial charge in [0.2, 0.25) is 0 Å². The van der Waals surface area contributed by atoms with Gasteiger partial charge in [0.05, 0.1) is 22.7 Å². The van der Waals surface area contributed by atoms with Crippen LogP contribution in [0.3, 0.4) is 0 Å². The Bertz CT molecular complexity index is 4520. The third-order valence-corrected chi connectivity index (χ3v) is 19.6. The number of anilines is 6. The molecule has 478 valence electrons. The average molecular weight is 1250 g/mol. The fourth-order valence-corrected chi connectivity index (χ4v) is 14.8. The summed E-state index contributed by atoms with van der Waals surface area (Å²) in [4.78, 5) is 5.25. The van der Waals surface area contributed by atoms with Gasteiger partial charge in [-0.25, -0.2) is 0 Å². The minimum absolute atomic E-state index is 1.02. The number of fused-ring (bicyclic) bond motifs is 4.